The number of carbonyl (C=O) groups is 1. The standard InChI is InChI=1S/C29H36O15/c1-12-22(33)24(35)26(37)28(42-12)41-11-20-23(34)25(36)27(38)29(44-20)43-14-9-17(32)21(19(10-14)40-3)15(30)6-4-13-5-7-18(39-2)16(31)8-13/h4-10,12,20,22-29,31-38H,11H2,1-3H3/b6-4+/t12?,20?,22-,23+,24-,25?,26?,27-,28+,29+/m0/s1. The second-order valence-electron chi connectivity index (χ2n) is 10.3. The van der Waals surface area contributed by atoms with Crippen LogP contribution in [0.5, 0.6) is 28.7 Å². The Morgan fingerprint density at radius 1 is 0.795 bits per heavy atom. The first-order valence-electron chi connectivity index (χ1n) is 13.5. The maximum Gasteiger partial charge on any atom is 0.229 e. The highest BCUT2D eigenvalue weighted by atomic mass is 16.7. The smallest absolute Gasteiger partial charge is 0.229 e. The molecule has 242 valence electrons. The van der Waals surface area contributed by atoms with Gasteiger partial charge in [-0.3, -0.25) is 4.79 Å². The number of hydrogen-bond acceptors (Lipinski definition) is 15. The predicted molar refractivity (Wildman–Crippen MR) is 148 cm³/mol. The van der Waals surface area contributed by atoms with Gasteiger partial charge in [-0.15, -0.1) is 0 Å². The van der Waals surface area contributed by atoms with Gasteiger partial charge in [0.2, 0.25) is 6.29 Å². The summed E-state index contributed by atoms with van der Waals surface area (Å²) in [4.78, 5) is 12.9. The minimum absolute atomic E-state index is 0.101. The molecule has 2 fully saturated rings. The topological polar surface area (TPSA) is 234 Å². The molecule has 0 aliphatic carbocycles. The lowest BCUT2D eigenvalue weighted by Gasteiger charge is -2.42. The number of phenolic OH excluding ortho intramolecular Hbond substituents is 2. The van der Waals surface area contributed by atoms with E-state index in [4.69, 9.17) is 28.4 Å². The quantitative estimate of drug-likeness (QED) is 0.117. The van der Waals surface area contributed by atoms with Crippen LogP contribution in [0.25, 0.3) is 6.08 Å². The minimum Gasteiger partial charge on any atom is -0.507 e. The average Bonchev–Trinajstić information content (AvgIpc) is 3.00. The van der Waals surface area contributed by atoms with E-state index in [2.05, 4.69) is 0 Å². The van der Waals surface area contributed by atoms with Crippen molar-refractivity contribution in [1.82, 2.24) is 0 Å². The summed E-state index contributed by atoms with van der Waals surface area (Å²) < 4.78 is 32.3. The molecule has 2 aromatic rings. The average molecular weight is 625 g/mol. The lowest BCUT2D eigenvalue weighted by Crippen LogP contribution is -2.61. The van der Waals surface area contributed by atoms with Crippen LogP contribution in [0.2, 0.25) is 0 Å². The van der Waals surface area contributed by atoms with E-state index < -0.39 is 79.6 Å². The van der Waals surface area contributed by atoms with E-state index >= 15 is 0 Å². The molecular formula is C29H36O15. The van der Waals surface area contributed by atoms with Crippen molar-refractivity contribution in [2.24, 2.45) is 0 Å². The number of ketones is 1. The Hall–Kier alpha value is -3.51. The van der Waals surface area contributed by atoms with Crippen LogP contribution in [0.1, 0.15) is 22.8 Å². The lowest BCUT2D eigenvalue weighted by molar-refractivity contribution is -0.318. The van der Waals surface area contributed by atoms with Gasteiger partial charge in [0.15, 0.2) is 23.6 Å². The van der Waals surface area contributed by atoms with E-state index in [1.54, 1.807) is 6.07 Å². The van der Waals surface area contributed by atoms with E-state index in [1.165, 1.54) is 45.4 Å². The molecule has 4 unspecified atom stereocenters. The number of aromatic hydroxyl groups is 2. The number of aliphatic hydroxyl groups is 6. The van der Waals surface area contributed by atoms with Crippen LogP contribution in [0.3, 0.4) is 0 Å². The summed E-state index contributed by atoms with van der Waals surface area (Å²) in [6.45, 7) is 0.958. The third kappa shape index (κ3) is 7.07. The van der Waals surface area contributed by atoms with Crippen molar-refractivity contribution in [2.45, 2.75) is 68.3 Å². The molecule has 10 atom stereocenters. The second kappa shape index (κ2) is 14.1. The van der Waals surface area contributed by atoms with E-state index in [0.29, 0.717) is 5.56 Å². The maximum atomic E-state index is 12.9. The molecule has 0 saturated carbocycles. The van der Waals surface area contributed by atoms with Gasteiger partial charge >= 0.3 is 0 Å². The summed E-state index contributed by atoms with van der Waals surface area (Å²) in [5.41, 5.74) is 0.263. The van der Waals surface area contributed by atoms with Gasteiger partial charge in [0.05, 0.1) is 26.9 Å². The summed E-state index contributed by atoms with van der Waals surface area (Å²) >= 11 is 0. The molecule has 0 spiro atoms. The Morgan fingerprint density at radius 2 is 1.45 bits per heavy atom. The Morgan fingerprint density at radius 3 is 2.11 bits per heavy atom. The first-order valence-corrected chi connectivity index (χ1v) is 13.5. The van der Waals surface area contributed by atoms with E-state index in [0.717, 1.165) is 12.1 Å². The van der Waals surface area contributed by atoms with Crippen molar-refractivity contribution < 1.29 is 74.1 Å². The van der Waals surface area contributed by atoms with Gasteiger partial charge in [-0.05, 0) is 30.7 Å². The van der Waals surface area contributed by atoms with Gasteiger partial charge in [0.25, 0.3) is 0 Å². The Kier molecular flexibility index (Phi) is 10.7. The Bertz CT molecular complexity index is 1330. The van der Waals surface area contributed by atoms with E-state index in [9.17, 15) is 45.6 Å². The lowest BCUT2D eigenvalue weighted by atomic mass is 9.98. The first kappa shape index (κ1) is 33.4. The first-order chi connectivity index (χ1) is 20.9. The van der Waals surface area contributed by atoms with Crippen LogP contribution in [0.4, 0.5) is 0 Å². The third-order valence-electron chi connectivity index (χ3n) is 7.31. The van der Waals surface area contributed by atoms with Crippen molar-refractivity contribution in [2.75, 3.05) is 20.8 Å². The molecule has 15 heteroatoms. The maximum absolute atomic E-state index is 12.9. The minimum atomic E-state index is -1.77. The highest BCUT2D eigenvalue weighted by Gasteiger charge is 2.47. The van der Waals surface area contributed by atoms with Gasteiger partial charge in [-0.25, -0.2) is 0 Å². The van der Waals surface area contributed by atoms with Crippen LogP contribution in [-0.4, -0.2) is 129 Å². The molecule has 8 N–H and O–H groups in total. The summed E-state index contributed by atoms with van der Waals surface area (Å²) in [6, 6.07) is 6.80. The molecule has 15 nitrogen and oxygen atoms in total. The normalized spacial score (nSPS) is 32.4. The molecule has 0 amide bonds. The zero-order valence-corrected chi connectivity index (χ0v) is 24.0. The number of phenols is 2. The summed E-state index contributed by atoms with van der Waals surface area (Å²) in [7, 11) is 2.65. The molecule has 44 heavy (non-hydrogen) atoms. The van der Waals surface area contributed by atoms with E-state index in [1.807, 2.05) is 0 Å². The number of ether oxygens (including phenoxy) is 6. The fourth-order valence-electron chi connectivity index (χ4n) is 4.75. The van der Waals surface area contributed by atoms with Gasteiger partial charge < -0.3 is 69.3 Å². The van der Waals surface area contributed by atoms with Crippen LogP contribution >= 0.6 is 0 Å². The Balaban J connectivity index is 1.46. The van der Waals surface area contributed by atoms with Crippen molar-refractivity contribution in [3.63, 3.8) is 0 Å². The van der Waals surface area contributed by atoms with Crippen LogP contribution in [0.15, 0.2) is 36.4 Å². The highest BCUT2D eigenvalue weighted by molar-refractivity contribution is 6.10. The summed E-state index contributed by atoms with van der Waals surface area (Å²) in [5.74, 6) is -1.31. The zero-order chi connectivity index (χ0) is 32.3. The number of hydrogen-bond donors (Lipinski definition) is 8. The van der Waals surface area contributed by atoms with Gasteiger partial charge in [-0.1, -0.05) is 12.1 Å². The molecule has 2 aliphatic heterocycles. The molecule has 2 saturated heterocycles. The van der Waals surface area contributed by atoms with Crippen LogP contribution < -0.4 is 14.2 Å². The largest absolute Gasteiger partial charge is 0.507 e. The number of carbonyl (C=O) groups excluding carboxylic acids is 1. The fourth-order valence-corrected chi connectivity index (χ4v) is 4.75. The van der Waals surface area contributed by atoms with Gasteiger partial charge in [0.1, 0.15) is 65.5 Å². The number of aliphatic hydroxyl groups excluding tert-OH is 6. The monoisotopic (exact) mass is 624 g/mol. The zero-order valence-electron chi connectivity index (χ0n) is 24.0. The SMILES string of the molecule is COc1ccc(/C=C/C(=O)c2c(O)cc(O[C@@H]3OC(CO[C@@H]4OC(C)[C@H](O)[C@H](O)C4O)[C@@H](O)C(O)[C@@H]3O)cc2OC)cc1O. The summed E-state index contributed by atoms with van der Waals surface area (Å²) in [6.07, 6.45) is -12.4. The molecule has 0 aromatic heterocycles. The van der Waals surface area contributed by atoms with Crippen molar-refractivity contribution in [3.05, 3.63) is 47.5 Å². The molecule has 2 aliphatic rings. The van der Waals surface area contributed by atoms with Gasteiger partial charge in [0, 0.05) is 12.1 Å². The number of rotatable bonds is 10. The van der Waals surface area contributed by atoms with E-state index in [-0.39, 0.29) is 28.6 Å². The third-order valence-corrected chi connectivity index (χ3v) is 7.31. The molecule has 0 bridgehead atoms. The van der Waals surface area contributed by atoms with Crippen molar-refractivity contribution in [1.29, 1.82) is 0 Å². The molecule has 0 radical (unpaired) electrons. The fraction of sp³-hybridized carbons (Fsp3) is 0.483. The van der Waals surface area contributed by atoms with Crippen molar-refractivity contribution >= 4 is 11.9 Å². The molecule has 4 rings (SSSR count). The Labute approximate surface area is 251 Å². The van der Waals surface area contributed by atoms with Crippen LogP contribution in [0, 0.1) is 0 Å². The summed E-state index contributed by atoms with van der Waals surface area (Å²) in [5, 5.41) is 82.0. The molecular weight excluding hydrogens is 588 g/mol. The van der Waals surface area contributed by atoms with Crippen molar-refractivity contribution in [3.8, 4) is 28.7 Å². The molecule has 2 heterocycles. The molecule has 2 aromatic carbocycles. The number of allylic oxidation sites excluding steroid dienone is 1. The highest BCUT2D eigenvalue weighted by Crippen LogP contribution is 2.36. The second-order valence-corrected chi connectivity index (χ2v) is 10.3. The number of benzene rings is 2. The predicted octanol–water partition coefficient (Wildman–Crippen LogP) is -0.958. The van der Waals surface area contributed by atoms with Crippen LogP contribution in [-0.2, 0) is 14.2 Å². The number of methoxy groups -OCH3 is 2. The van der Waals surface area contributed by atoms with Gasteiger partial charge in [-0.2, -0.15) is 0 Å².